The van der Waals surface area contributed by atoms with Gasteiger partial charge in [-0.05, 0) is 18.6 Å². The molecule has 0 aromatic heterocycles. The molecule has 11 heteroatoms. The number of rotatable bonds is 5. The zero-order valence-corrected chi connectivity index (χ0v) is 15.0. The van der Waals surface area contributed by atoms with Crippen molar-refractivity contribution in [1.29, 1.82) is 0 Å². The Bertz CT molecular complexity index is 648. The molecule has 0 aliphatic carbocycles. The molecule has 1 atom stereocenters. The van der Waals surface area contributed by atoms with Gasteiger partial charge in [-0.1, -0.05) is 64.6 Å². The second-order valence-electron chi connectivity index (χ2n) is 4.24. The molecular formula is C11H12Cl4N2O4S. The van der Waals surface area contributed by atoms with E-state index in [1.54, 1.807) is 24.3 Å². The molecule has 1 rings (SSSR count). The number of alkyl halides is 3. The summed E-state index contributed by atoms with van der Waals surface area (Å²) in [5, 5.41) is 8.98. The molecular weight excluding hydrogens is 398 g/mol. The Hall–Kier alpha value is -0.280. The lowest BCUT2D eigenvalue weighted by atomic mass is 10.2. The summed E-state index contributed by atoms with van der Waals surface area (Å²) < 4.78 is 22.7. The first kappa shape index (κ1) is 19.8. The van der Waals surface area contributed by atoms with Crippen LogP contribution in [0.25, 0.3) is 0 Å². The molecule has 0 radical (unpaired) electrons. The van der Waals surface area contributed by atoms with Gasteiger partial charge in [0.2, 0.25) is 0 Å². The van der Waals surface area contributed by atoms with Crippen LogP contribution in [-0.4, -0.2) is 33.0 Å². The van der Waals surface area contributed by atoms with Crippen LogP contribution in [0, 0.1) is 0 Å². The van der Waals surface area contributed by atoms with E-state index >= 15 is 0 Å². The first-order valence-electron chi connectivity index (χ1n) is 5.78. The maximum atomic E-state index is 12.4. The second kappa shape index (κ2) is 7.53. The molecule has 1 unspecified atom stereocenters. The predicted molar refractivity (Wildman–Crippen MR) is 85.6 cm³/mol. The Morgan fingerprint density at radius 1 is 1.36 bits per heavy atom. The summed E-state index contributed by atoms with van der Waals surface area (Å²) >= 11 is 22.5. The zero-order valence-electron chi connectivity index (χ0n) is 11.1. The van der Waals surface area contributed by atoms with Crippen molar-refractivity contribution in [2.45, 2.75) is 22.6 Å². The number of halogens is 4. The summed E-state index contributed by atoms with van der Waals surface area (Å²) in [7, 11) is -4.51. The molecule has 124 valence electrons. The molecule has 0 heterocycles. The third-order valence-corrected chi connectivity index (χ3v) is 6.58. The van der Waals surface area contributed by atoms with Gasteiger partial charge in [0, 0.05) is 11.6 Å². The van der Waals surface area contributed by atoms with E-state index in [2.05, 4.69) is 0 Å². The van der Waals surface area contributed by atoms with Crippen molar-refractivity contribution in [2.75, 3.05) is 0 Å². The number of hydrogen-bond donors (Lipinski definition) is 2. The standard InChI is InChI=1S/C11H12Cl4N2O4S/c1-7(10(18)16-19)17(22(20,21)11(13,14)15)6-8-4-2-3-5-9(8)12/h2-5,7,19H,6H2,1H3,(H,16,18). The van der Waals surface area contributed by atoms with Gasteiger partial charge in [0.15, 0.2) is 0 Å². The van der Waals surface area contributed by atoms with Gasteiger partial charge in [-0.15, -0.1) is 0 Å². The van der Waals surface area contributed by atoms with Crippen LogP contribution in [0.3, 0.4) is 0 Å². The minimum absolute atomic E-state index is 0.281. The molecule has 0 bridgehead atoms. The Morgan fingerprint density at radius 2 is 1.91 bits per heavy atom. The molecule has 1 aromatic carbocycles. The van der Waals surface area contributed by atoms with Crippen molar-refractivity contribution in [3.8, 4) is 0 Å². The molecule has 0 saturated carbocycles. The lowest BCUT2D eigenvalue weighted by molar-refractivity contribution is -0.132. The largest absolute Gasteiger partial charge is 0.306 e. The van der Waals surface area contributed by atoms with Crippen LogP contribution < -0.4 is 5.48 Å². The lowest BCUT2D eigenvalue weighted by Crippen LogP contribution is -2.50. The highest BCUT2D eigenvalue weighted by molar-refractivity contribution is 7.95. The van der Waals surface area contributed by atoms with Crippen molar-refractivity contribution in [1.82, 2.24) is 9.79 Å². The van der Waals surface area contributed by atoms with Crippen LogP contribution in [0.4, 0.5) is 0 Å². The van der Waals surface area contributed by atoms with Crippen molar-refractivity contribution in [3.05, 3.63) is 34.9 Å². The van der Waals surface area contributed by atoms with E-state index in [-0.39, 0.29) is 11.6 Å². The number of amides is 1. The molecule has 0 saturated heterocycles. The number of benzene rings is 1. The van der Waals surface area contributed by atoms with Crippen molar-refractivity contribution in [2.24, 2.45) is 0 Å². The number of carbonyl (C=O) groups excluding carboxylic acids is 1. The highest BCUT2D eigenvalue weighted by Crippen LogP contribution is 2.37. The number of nitrogens with one attached hydrogen (secondary N) is 1. The zero-order chi connectivity index (χ0) is 17.1. The summed E-state index contributed by atoms with van der Waals surface area (Å²) in [5.41, 5.74) is 1.76. The minimum Gasteiger partial charge on any atom is -0.289 e. The normalized spacial score (nSPS) is 14.0. The van der Waals surface area contributed by atoms with Gasteiger partial charge < -0.3 is 0 Å². The van der Waals surface area contributed by atoms with Gasteiger partial charge in [0.05, 0.1) is 0 Å². The number of carbonyl (C=O) groups is 1. The van der Waals surface area contributed by atoms with Gasteiger partial charge in [-0.2, -0.15) is 4.31 Å². The summed E-state index contributed by atoms with van der Waals surface area (Å²) in [6.07, 6.45) is 0. The van der Waals surface area contributed by atoms with E-state index < -0.39 is 25.1 Å². The first-order chi connectivity index (χ1) is 10.0. The molecule has 0 aliphatic heterocycles. The summed E-state index contributed by atoms with van der Waals surface area (Å²) in [6, 6.07) is 5.07. The molecule has 1 aromatic rings. The van der Waals surface area contributed by atoms with Gasteiger partial charge in [0.1, 0.15) is 6.04 Å². The molecule has 1 amide bonds. The number of hydroxylamine groups is 1. The van der Waals surface area contributed by atoms with Crippen molar-refractivity contribution >= 4 is 62.3 Å². The topological polar surface area (TPSA) is 86.7 Å². The number of hydrogen-bond acceptors (Lipinski definition) is 4. The fourth-order valence-electron chi connectivity index (χ4n) is 1.58. The van der Waals surface area contributed by atoms with Crippen LogP contribution in [0.1, 0.15) is 12.5 Å². The number of sulfonamides is 1. The first-order valence-corrected chi connectivity index (χ1v) is 8.73. The van der Waals surface area contributed by atoms with Gasteiger partial charge in [-0.25, -0.2) is 13.9 Å². The number of nitrogens with zero attached hydrogens (tertiary/aromatic N) is 1. The molecule has 22 heavy (non-hydrogen) atoms. The smallest absolute Gasteiger partial charge is 0.289 e. The van der Waals surface area contributed by atoms with Crippen LogP contribution in [0.2, 0.25) is 5.02 Å². The second-order valence-corrected chi connectivity index (χ2v) is 9.63. The Kier molecular flexibility index (Phi) is 6.76. The average Bonchev–Trinajstić information content (AvgIpc) is 2.43. The van der Waals surface area contributed by atoms with E-state index in [4.69, 9.17) is 51.6 Å². The molecule has 6 nitrogen and oxygen atoms in total. The average molecular weight is 410 g/mol. The van der Waals surface area contributed by atoms with Gasteiger partial charge in [-0.3, -0.25) is 10.0 Å². The van der Waals surface area contributed by atoms with E-state index in [0.717, 1.165) is 0 Å². The fraction of sp³-hybridized carbons (Fsp3) is 0.364. The highest BCUT2D eigenvalue weighted by atomic mass is 35.6. The van der Waals surface area contributed by atoms with Crippen LogP contribution in [0.15, 0.2) is 24.3 Å². The predicted octanol–water partition coefficient (Wildman–Crippen LogP) is 2.69. The van der Waals surface area contributed by atoms with Crippen LogP contribution in [-0.2, 0) is 21.4 Å². The monoisotopic (exact) mass is 408 g/mol. The van der Waals surface area contributed by atoms with E-state index in [0.29, 0.717) is 9.87 Å². The third-order valence-electron chi connectivity index (χ3n) is 2.81. The summed E-state index contributed by atoms with van der Waals surface area (Å²) in [4.78, 5) is 11.6. The Balaban J connectivity index is 3.30. The molecule has 0 aliphatic rings. The maximum absolute atomic E-state index is 12.4. The lowest BCUT2D eigenvalue weighted by Gasteiger charge is -2.30. The molecule has 0 spiro atoms. The Labute approximate surface area is 147 Å². The van der Waals surface area contributed by atoms with Crippen LogP contribution >= 0.6 is 46.4 Å². The van der Waals surface area contributed by atoms with Crippen molar-refractivity contribution in [3.63, 3.8) is 0 Å². The fourth-order valence-corrected chi connectivity index (χ4v) is 3.66. The Morgan fingerprint density at radius 3 is 2.36 bits per heavy atom. The van der Waals surface area contributed by atoms with E-state index in [1.165, 1.54) is 12.4 Å². The minimum atomic E-state index is -4.51. The van der Waals surface area contributed by atoms with Gasteiger partial charge in [0.25, 0.3) is 15.9 Å². The van der Waals surface area contributed by atoms with E-state index in [9.17, 15) is 13.2 Å². The molecule has 0 fully saturated rings. The maximum Gasteiger partial charge on any atom is 0.306 e. The van der Waals surface area contributed by atoms with Crippen LogP contribution in [0.5, 0.6) is 0 Å². The summed E-state index contributed by atoms with van der Waals surface area (Å²) in [5.74, 6) is -0.982. The SMILES string of the molecule is CC(C(=O)NO)N(Cc1ccccc1Cl)S(=O)(=O)C(Cl)(Cl)Cl. The highest BCUT2D eigenvalue weighted by Gasteiger charge is 2.46. The van der Waals surface area contributed by atoms with Crippen molar-refractivity contribution < 1.29 is 18.4 Å². The van der Waals surface area contributed by atoms with E-state index in [1.807, 2.05) is 0 Å². The molecule has 2 N–H and O–H groups in total. The summed E-state index contributed by atoms with van der Waals surface area (Å²) in [6.45, 7) is 0.918. The third kappa shape index (κ3) is 4.38. The van der Waals surface area contributed by atoms with Gasteiger partial charge >= 0.3 is 3.12 Å². The quantitative estimate of drug-likeness (QED) is 0.444.